The Kier molecular flexibility index (Phi) is 13.5. The van der Waals surface area contributed by atoms with E-state index in [2.05, 4.69) is 58.5 Å². The summed E-state index contributed by atoms with van der Waals surface area (Å²) in [5.41, 5.74) is 2.67. The topological polar surface area (TPSA) is 65.3 Å². The molecule has 0 amide bonds. The van der Waals surface area contributed by atoms with Gasteiger partial charge in [-0.25, -0.2) is 4.99 Å². The molecule has 1 fully saturated rings. The Morgan fingerprint density at radius 3 is 2.45 bits per heavy atom. The lowest BCUT2D eigenvalue weighted by Crippen LogP contribution is -2.45. The van der Waals surface area contributed by atoms with Crippen molar-refractivity contribution in [2.75, 3.05) is 52.4 Å². The molecule has 0 spiro atoms. The third-order valence-corrected chi connectivity index (χ3v) is 5.76. The van der Waals surface area contributed by atoms with E-state index in [4.69, 9.17) is 14.1 Å². The third-order valence-electron chi connectivity index (χ3n) is 5.76. The summed E-state index contributed by atoms with van der Waals surface area (Å²) in [6.45, 7) is 14.6. The average molecular weight is 570 g/mol. The van der Waals surface area contributed by atoms with Crippen molar-refractivity contribution < 1.29 is 9.15 Å². The Morgan fingerprint density at radius 2 is 1.76 bits per heavy atom. The number of ether oxygens (including phenoxy) is 1. The second-order valence-corrected chi connectivity index (χ2v) is 8.09. The molecular weight excluding hydrogens is 529 g/mol. The first kappa shape index (κ1) is 27.6. The predicted octanol–water partition coefficient (Wildman–Crippen LogP) is 3.70. The van der Waals surface area contributed by atoms with Gasteiger partial charge in [-0.2, -0.15) is 0 Å². The van der Waals surface area contributed by atoms with Crippen molar-refractivity contribution in [1.29, 1.82) is 0 Å². The standard InChI is InChI=1S/C25H39N5O2.HI/c1-3-26-25(27-12-8-17-31-21-24-11-7-18-32-24)28-19-22-9-5-6-10-23(22)20-30-15-13-29(4-2)14-16-30;/h5-7,9-11,18H,3-4,8,12-17,19-21H2,1-2H3,(H2,26,27,28);1H. The largest absolute Gasteiger partial charge is 0.467 e. The number of hydrogen-bond acceptors (Lipinski definition) is 5. The Hall–Kier alpha value is -1.62. The Labute approximate surface area is 216 Å². The maximum atomic E-state index is 5.65. The van der Waals surface area contributed by atoms with Gasteiger partial charge in [0.15, 0.2) is 5.96 Å². The van der Waals surface area contributed by atoms with Gasteiger partial charge in [0.2, 0.25) is 0 Å². The van der Waals surface area contributed by atoms with E-state index < -0.39 is 0 Å². The molecule has 0 bridgehead atoms. The van der Waals surface area contributed by atoms with E-state index in [9.17, 15) is 0 Å². The summed E-state index contributed by atoms with van der Waals surface area (Å²) in [6.07, 6.45) is 2.58. The average Bonchev–Trinajstić information content (AvgIpc) is 3.34. The van der Waals surface area contributed by atoms with Crippen molar-refractivity contribution >= 4 is 29.9 Å². The zero-order chi connectivity index (χ0) is 22.4. The van der Waals surface area contributed by atoms with Crippen LogP contribution in [-0.4, -0.2) is 68.2 Å². The molecule has 0 unspecified atom stereocenters. The Balaban J connectivity index is 0.00000385. The van der Waals surface area contributed by atoms with Crippen LogP contribution >= 0.6 is 24.0 Å². The van der Waals surface area contributed by atoms with Gasteiger partial charge in [0.05, 0.1) is 12.8 Å². The summed E-state index contributed by atoms with van der Waals surface area (Å²) >= 11 is 0. The summed E-state index contributed by atoms with van der Waals surface area (Å²) in [4.78, 5) is 9.91. The van der Waals surface area contributed by atoms with Crippen molar-refractivity contribution in [1.82, 2.24) is 20.4 Å². The maximum absolute atomic E-state index is 5.65. The number of nitrogens with zero attached hydrogens (tertiary/aromatic N) is 3. The fourth-order valence-corrected chi connectivity index (χ4v) is 3.82. The van der Waals surface area contributed by atoms with Crippen molar-refractivity contribution in [3.8, 4) is 0 Å². The van der Waals surface area contributed by atoms with Crippen molar-refractivity contribution in [3.63, 3.8) is 0 Å². The van der Waals surface area contributed by atoms with Crippen LogP contribution in [0.1, 0.15) is 37.2 Å². The van der Waals surface area contributed by atoms with Gasteiger partial charge < -0.3 is 24.7 Å². The monoisotopic (exact) mass is 569 g/mol. The van der Waals surface area contributed by atoms with Crippen molar-refractivity contribution in [2.45, 2.75) is 40.0 Å². The van der Waals surface area contributed by atoms with Crippen LogP contribution in [0.15, 0.2) is 52.1 Å². The van der Waals surface area contributed by atoms with E-state index in [1.165, 1.54) is 11.1 Å². The van der Waals surface area contributed by atoms with E-state index in [1.807, 2.05) is 12.1 Å². The minimum Gasteiger partial charge on any atom is -0.467 e. The van der Waals surface area contributed by atoms with Crippen LogP contribution in [-0.2, 0) is 24.4 Å². The molecule has 2 heterocycles. The second kappa shape index (κ2) is 16.1. The number of rotatable bonds is 12. The first-order valence-corrected chi connectivity index (χ1v) is 11.9. The molecule has 8 heteroatoms. The molecular formula is C25H40IN5O2. The molecule has 1 saturated heterocycles. The van der Waals surface area contributed by atoms with Crippen molar-refractivity contribution in [3.05, 3.63) is 59.5 Å². The number of benzene rings is 1. The number of nitrogens with one attached hydrogen (secondary N) is 2. The fraction of sp³-hybridized carbons (Fsp3) is 0.560. The third kappa shape index (κ3) is 10.0. The van der Waals surface area contributed by atoms with Crippen LogP contribution < -0.4 is 10.6 Å². The zero-order valence-corrected chi connectivity index (χ0v) is 22.4. The summed E-state index contributed by atoms with van der Waals surface area (Å²) in [6, 6.07) is 12.5. The van der Waals surface area contributed by atoms with Gasteiger partial charge in [-0.3, -0.25) is 4.90 Å². The number of likely N-dealkylation sites (N-methyl/N-ethyl adjacent to an activating group) is 1. The highest BCUT2D eigenvalue weighted by atomic mass is 127. The number of guanidine groups is 1. The van der Waals surface area contributed by atoms with Crippen LogP contribution in [0.3, 0.4) is 0 Å². The van der Waals surface area contributed by atoms with E-state index >= 15 is 0 Å². The predicted molar refractivity (Wildman–Crippen MR) is 145 cm³/mol. The number of halogens is 1. The van der Waals surface area contributed by atoms with E-state index in [1.54, 1.807) is 6.26 Å². The quantitative estimate of drug-likeness (QED) is 0.176. The zero-order valence-electron chi connectivity index (χ0n) is 20.1. The van der Waals surface area contributed by atoms with E-state index in [0.717, 1.165) is 70.5 Å². The van der Waals surface area contributed by atoms with E-state index in [0.29, 0.717) is 19.8 Å². The molecule has 0 aliphatic carbocycles. The lowest BCUT2D eigenvalue weighted by molar-refractivity contribution is 0.105. The normalized spacial score (nSPS) is 15.3. The molecule has 0 saturated carbocycles. The maximum Gasteiger partial charge on any atom is 0.191 e. The number of piperazine rings is 1. The first-order chi connectivity index (χ1) is 15.8. The Morgan fingerprint density at radius 1 is 1.00 bits per heavy atom. The number of aliphatic imine (C=N–C) groups is 1. The highest BCUT2D eigenvalue weighted by molar-refractivity contribution is 14.0. The van der Waals surface area contributed by atoms with Crippen molar-refractivity contribution in [2.24, 2.45) is 4.99 Å². The van der Waals surface area contributed by atoms with Gasteiger partial charge in [-0.05, 0) is 43.1 Å². The van der Waals surface area contributed by atoms with Gasteiger partial charge in [0.25, 0.3) is 0 Å². The van der Waals surface area contributed by atoms with Gasteiger partial charge in [-0.1, -0.05) is 31.2 Å². The smallest absolute Gasteiger partial charge is 0.191 e. The molecule has 0 radical (unpaired) electrons. The molecule has 33 heavy (non-hydrogen) atoms. The summed E-state index contributed by atoms with van der Waals surface area (Å²) in [5, 5.41) is 6.76. The molecule has 184 valence electrons. The molecule has 3 rings (SSSR count). The van der Waals surface area contributed by atoms with Crippen LogP contribution in [0.4, 0.5) is 0 Å². The highest BCUT2D eigenvalue weighted by Crippen LogP contribution is 2.14. The van der Waals surface area contributed by atoms with Crippen LogP contribution in [0, 0.1) is 0 Å². The summed E-state index contributed by atoms with van der Waals surface area (Å²) in [7, 11) is 0. The van der Waals surface area contributed by atoms with E-state index in [-0.39, 0.29) is 24.0 Å². The number of hydrogen-bond donors (Lipinski definition) is 2. The summed E-state index contributed by atoms with van der Waals surface area (Å²) in [5.74, 6) is 1.71. The molecule has 1 aliphatic rings. The molecule has 2 aromatic rings. The van der Waals surface area contributed by atoms with Crippen LogP contribution in [0.2, 0.25) is 0 Å². The highest BCUT2D eigenvalue weighted by Gasteiger charge is 2.16. The van der Waals surface area contributed by atoms with Crippen LogP contribution in [0.5, 0.6) is 0 Å². The number of furan rings is 1. The minimum absolute atomic E-state index is 0. The molecule has 1 aromatic heterocycles. The lowest BCUT2D eigenvalue weighted by Gasteiger charge is -2.34. The SMILES string of the molecule is CCNC(=NCc1ccccc1CN1CCN(CC)CC1)NCCCOCc1ccco1.I. The second-order valence-electron chi connectivity index (χ2n) is 8.09. The molecule has 7 nitrogen and oxygen atoms in total. The molecule has 0 atom stereocenters. The fourth-order valence-electron chi connectivity index (χ4n) is 3.82. The molecule has 2 N–H and O–H groups in total. The lowest BCUT2D eigenvalue weighted by atomic mass is 10.1. The van der Waals surface area contributed by atoms with Crippen LogP contribution in [0.25, 0.3) is 0 Å². The first-order valence-electron chi connectivity index (χ1n) is 11.9. The van der Waals surface area contributed by atoms with Gasteiger partial charge in [0, 0.05) is 52.4 Å². The minimum atomic E-state index is 0. The Bertz CT molecular complexity index is 792. The molecule has 1 aliphatic heterocycles. The summed E-state index contributed by atoms with van der Waals surface area (Å²) < 4.78 is 10.9. The van der Waals surface area contributed by atoms with Gasteiger partial charge in [0.1, 0.15) is 12.4 Å². The van der Waals surface area contributed by atoms with Gasteiger partial charge in [-0.15, -0.1) is 24.0 Å². The van der Waals surface area contributed by atoms with Gasteiger partial charge >= 0.3 is 0 Å². The molecule has 1 aromatic carbocycles.